The molecule has 1 saturated heterocycles. The van der Waals surface area contributed by atoms with Crippen LogP contribution in [-0.4, -0.2) is 23.4 Å². The van der Waals surface area contributed by atoms with Gasteiger partial charge in [0, 0.05) is 6.54 Å². The van der Waals surface area contributed by atoms with Crippen molar-refractivity contribution >= 4 is 5.91 Å². The number of carbonyl (C=O) groups is 1. The summed E-state index contributed by atoms with van der Waals surface area (Å²) in [6.07, 6.45) is 4.08. The fraction of sp³-hybridized carbons (Fsp3) is 0.500. The van der Waals surface area contributed by atoms with Gasteiger partial charge >= 0.3 is 0 Å². The lowest BCUT2D eigenvalue weighted by Gasteiger charge is -2.35. The molecule has 1 aromatic rings. The molecule has 2 aliphatic heterocycles. The van der Waals surface area contributed by atoms with Crippen molar-refractivity contribution < 1.29 is 4.79 Å². The van der Waals surface area contributed by atoms with Gasteiger partial charge in [-0.05, 0) is 36.8 Å². The Bertz CT molecular complexity index is 444. The number of hydrogen-bond donors (Lipinski definition) is 1. The van der Waals surface area contributed by atoms with E-state index in [2.05, 4.69) is 18.2 Å². The van der Waals surface area contributed by atoms with Crippen molar-refractivity contribution in [3.05, 3.63) is 35.4 Å². The van der Waals surface area contributed by atoms with Gasteiger partial charge < -0.3 is 10.6 Å². The zero-order chi connectivity index (χ0) is 11.8. The minimum atomic E-state index is -0.362. The molecule has 1 amide bonds. The third-order valence-corrected chi connectivity index (χ3v) is 3.96. The van der Waals surface area contributed by atoms with E-state index in [1.807, 2.05) is 11.0 Å². The molecule has 0 aromatic heterocycles. The number of rotatable bonds is 0. The molecule has 3 heteroatoms. The van der Waals surface area contributed by atoms with E-state index in [0.29, 0.717) is 6.42 Å². The van der Waals surface area contributed by atoms with Crippen molar-refractivity contribution in [2.45, 2.75) is 37.8 Å². The zero-order valence-corrected chi connectivity index (χ0v) is 9.93. The van der Waals surface area contributed by atoms with Crippen LogP contribution in [0, 0.1) is 0 Å². The third kappa shape index (κ3) is 1.75. The summed E-state index contributed by atoms with van der Waals surface area (Å²) in [5, 5.41) is 0. The lowest BCUT2D eigenvalue weighted by molar-refractivity contribution is -0.136. The van der Waals surface area contributed by atoms with Crippen LogP contribution in [-0.2, 0) is 11.2 Å². The SMILES string of the molecule is N[C@@H]1Cc2ccccc2[C@@H]2CCCCN2C1=O. The fourth-order valence-corrected chi connectivity index (χ4v) is 3.10. The Morgan fingerprint density at radius 2 is 2.06 bits per heavy atom. The molecule has 17 heavy (non-hydrogen) atoms. The zero-order valence-electron chi connectivity index (χ0n) is 9.93. The Morgan fingerprint density at radius 3 is 2.94 bits per heavy atom. The van der Waals surface area contributed by atoms with Gasteiger partial charge in [-0.25, -0.2) is 0 Å². The van der Waals surface area contributed by atoms with Gasteiger partial charge in [-0.3, -0.25) is 4.79 Å². The normalized spacial score (nSPS) is 28.3. The maximum absolute atomic E-state index is 12.2. The van der Waals surface area contributed by atoms with Gasteiger partial charge in [0.05, 0.1) is 12.1 Å². The molecular weight excluding hydrogens is 212 g/mol. The highest BCUT2D eigenvalue weighted by Gasteiger charge is 2.35. The Morgan fingerprint density at radius 1 is 1.24 bits per heavy atom. The van der Waals surface area contributed by atoms with Gasteiger partial charge in [-0.1, -0.05) is 24.3 Å². The molecular formula is C14H18N2O. The van der Waals surface area contributed by atoms with Gasteiger partial charge in [-0.15, -0.1) is 0 Å². The molecule has 0 unspecified atom stereocenters. The van der Waals surface area contributed by atoms with Gasteiger partial charge in [0.1, 0.15) is 0 Å². The van der Waals surface area contributed by atoms with Gasteiger partial charge in [0.2, 0.25) is 5.91 Å². The first kappa shape index (κ1) is 10.8. The van der Waals surface area contributed by atoms with Crippen LogP contribution in [0.15, 0.2) is 24.3 Å². The smallest absolute Gasteiger partial charge is 0.240 e. The summed E-state index contributed by atoms with van der Waals surface area (Å²) in [6, 6.07) is 8.27. The Kier molecular flexibility index (Phi) is 2.63. The molecule has 2 N–H and O–H groups in total. The summed E-state index contributed by atoms with van der Waals surface area (Å²) in [4.78, 5) is 14.2. The summed E-state index contributed by atoms with van der Waals surface area (Å²) in [7, 11) is 0. The molecule has 2 atom stereocenters. The van der Waals surface area contributed by atoms with E-state index >= 15 is 0 Å². The highest BCUT2D eigenvalue weighted by Crippen LogP contribution is 2.35. The monoisotopic (exact) mass is 230 g/mol. The first-order valence-electron chi connectivity index (χ1n) is 6.41. The van der Waals surface area contributed by atoms with Crippen LogP contribution in [0.4, 0.5) is 0 Å². The number of piperidine rings is 1. The largest absolute Gasteiger partial charge is 0.334 e. The van der Waals surface area contributed by atoms with Crippen LogP contribution in [0.2, 0.25) is 0 Å². The molecule has 0 bridgehead atoms. The van der Waals surface area contributed by atoms with E-state index in [9.17, 15) is 4.79 Å². The lowest BCUT2D eigenvalue weighted by atomic mass is 9.92. The minimum absolute atomic E-state index is 0.130. The summed E-state index contributed by atoms with van der Waals surface area (Å²) >= 11 is 0. The average Bonchev–Trinajstić information content (AvgIpc) is 2.48. The van der Waals surface area contributed by atoms with E-state index in [1.165, 1.54) is 17.5 Å². The fourth-order valence-electron chi connectivity index (χ4n) is 3.10. The Hall–Kier alpha value is -1.35. The molecule has 1 aromatic carbocycles. The van der Waals surface area contributed by atoms with Crippen molar-refractivity contribution in [2.24, 2.45) is 5.73 Å². The van der Waals surface area contributed by atoms with E-state index in [0.717, 1.165) is 19.4 Å². The average molecular weight is 230 g/mol. The number of carbonyl (C=O) groups excluding carboxylic acids is 1. The predicted molar refractivity (Wildman–Crippen MR) is 66.4 cm³/mol. The number of amides is 1. The van der Waals surface area contributed by atoms with Gasteiger partial charge in [0.25, 0.3) is 0 Å². The van der Waals surface area contributed by atoms with Crippen molar-refractivity contribution in [1.29, 1.82) is 0 Å². The number of nitrogens with two attached hydrogens (primary N) is 1. The van der Waals surface area contributed by atoms with E-state index < -0.39 is 0 Å². The van der Waals surface area contributed by atoms with Crippen molar-refractivity contribution in [3.8, 4) is 0 Å². The van der Waals surface area contributed by atoms with Crippen LogP contribution >= 0.6 is 0 Å². The number of nitrogens with zero attached hydrogens (tertiary/aromatic N) is 1. The van der Waals surface area contributed by atoms with Crippen molar-refractivity contribution in [2.75, 3.05) is 6.54 Å². The summed E-state index contributed by atoms with van der Waals surface area (Å²) in [6.45, 7) is 0.867. The van der Waals surface area contributed by atoms with Gasteiger partial charge in [0.15, 0.2) is 0 Å². The minimum Gasteiger partial charge on any atom is -0.334 e. The van der Waals surface area contributed by atoms with Crippen LogP contribution in [0.25, 0.3) is 0 Å². The number of benzene rings is 1. The van der Waals surface area contributed by atoms with Crippen LogP contribution in [0.3, 0.4) is 0 Å². The number of fused-ring (bicyclic) bond motifs is 3. The Balaban J connectivity index is 2.07. The topological polar surface area (TPSA) is 46.3 Å². The molecule has 90 valence electrons. The number of hydrogen-bond acceptors (Lipinski definition) is 2. The van der Waals surface area contributed by atoms with Crippen molar-refractivity contribution in [1.82, 2.24) is 4.90 Å². The second-order valence-corrected chi connectivity index (χ2v) is 5.05. The molecule has 3 rings (SSSR count). The molecule has 0 radical (unpaired) electrons. The molecule has 1 fully saturated rings. The molecule has 0 saturated carbocycles. The molecule has 3 nitrogen and oxygen atoms in total. The van der Waals surface area contributed by atoms with Crippen LogP contribution < -0.4 is 5.73 Å². The predicted octanol–water partition coefficient (Wildman–Crippen LogP) is 1.62. The van der Waals surface area contributed by atoms with Gasteiger partial charge in [-0.2, -0.15) is 0 Å². The second kappa shape index (κ2) is 4.15. The molecule has 0 aliphatic carbocycles. The Labute approximate surface area is 102 Å². The van der Waals surface area contributed by atoms with E-state index in [1.54, 1.807) is 0 Å². The lowest BCUT2D eigenvalue weighted by Crippen LogP contribution is -2.46. The van der Waals surface area contributed by atoms with E-state index in [4.69, 9.17) is 5.73 Å². The first-order valence-corrected chi connectivity index (χ1v) is 6.41. The van der Waals surface area contributed by atoms with Crippen LogP contribution in [0.1, 0.15) is 36.4 Å². The molecule has 0 spiro atoms. The third-order valence-electron chi connectivity index (χ3n) is 3.96. The maximum atomic E-state index is 12.2. The molecule has 2 heterocycles. The van der Waals surface area contributed by atoms with Crippen molar-refractivity contribution in [3.63, 3.8) is 0 Å². The van der Waals surface area contributed by atoms with E-state index in [-0.39, 0.29) is 18.0 Å². The van der Waals surface area contributed by atoms with Crippen LogP contribution in [0.5, 0.6) is 0 Å². The second-order valence-electron chi connectivity index (χ2n) is 5.05. The summed E-state index contributed by atoms with van der Waals surface area (Å²) in [5.41, 5.74) is 8.57. The summed E-state index contributed by atoms with van der Waals surface area (Å²) < 4.78 is 0. The molecule has 2 aliphatic rings. The highest BCUT2D eigenvalue weighted by atomic mass is 16.2. The maximum Gasteiger partial charge on any atom is 0.240 e. The quantitative estimate of drug-likeness (QED) is 0.736. The summed E-state index contributed by atoms with van der Waals surface area (Å²) in [5.74, 6) is 0.130. The first-order chi connectivity index (χ1) is 8.27. The highest BCUT2D eigenvalue weighted by molar-refractivity contribution is 5.83. The standard InChI is InChI=1S/C14H18N2O/c15-12-9-10-5-1-2-6-11(10)13-7-3-4-8-16(13)14(12)17/h1-2,5-6,12-13H,3-4,7-9,15H2/t12-,13+/m1/s1.